The molecule has 0 spiro atoms. The predicted octanol–water partition coefficient (Wildman–Crippen LogP) is 5.61. The van der Waals surface area contributed by atoms with Gasteiger partial charge in [-0.3, -0.25) is 9.69 Å². The van der Waals surface area contributed by atoms with Crippen molar-refractivity contribution in [1.29, 1.82) is 0 Å². The summed E-state index contributed by atoms with van der Waals surface area (Å²) in [5.74, 6) is 0.690. The van der Waals surface area contributed by atoms with Crippen LogP contribution in [-0.4, -0.2) is 38.0 Å². The van der Waals surface area contributed by atoms with E-state index < -0.39 is 10.0 Å². The Morgan fingerprint density at radius 2 is 1.75 bits per heavy atom. The van der Waals surface area contributed by atoms with Gasteiger partial charge in [0.1, 0.15) is 6.61 Å². The zero-order chi connectivity index (χ0) is 25.7. The van der Waals surface area contributed by atoms with Gasteiger partial charge in [-0.25, -0.2) is 0 Å². The molecule has 1 amide bonds. The molecule has 10 heteroatoms. The van der Waals surface area contributed by atoms with E-state index in [2.05, 4.69) is 4.40 Å². The number of nitrogens with zero attached hydrogens (tertiary/aromatic N) is 2. The Morgan fingerprint density at radius 1 is 1.03 bits per heavy atom. The van der Waals surface area contributed by atoms with E-state index in [1.165, 1.54) is 17.0 Å². The molecule has 7 nitrogen and oxygen atoms in total. The first-order valence-corrected chi connectivity index (χ1v) is 13.6. The monoisotopic (exact) mass is 542 g/mol. The van der Waals surface area contributed by atoms with Gasteiger partial charge in [-0.15, -0.1) is 4.40 Å². The third-order valence-electron chi connectivity index (χ3n) is 5.27. The van der Waals surface area contributed by atoms with Crippen LogP contribution >= 0.6 is 23.4 Å². The topological polar surface area (TPSA) is 85.3 Å². The smallest absolute Gasteiger partial charge is 0.284 e. The van der Waals surface area contributed by atoms with Gasteiger partial charge in [0.25, 0.3) is 15.9 Å². The van der Waals surface area contributed by atoms with E-state index in [1.807, 2.05) is 18.2 Å². The quantitative estimate of drug-likeness (QED) is 0.344. The van der Waals surface area contributed by atoms with Crippen LogP contribution in [0.3, 0.4) is 0 Å². The fraction of sp³-hybridized carbons (Fsp3) is 0.154. The van der Waals surface area contributed by atoms with Gasteiger partial charge in [0.15, 0.2) is 16.7 Å². The standard InChI is InChI=1S/C26H23ClN2O5S2/c1-3-29-25(30)24(35-26(29)28-36(31,32)20-10-5-4-6-11-20)16-18-13-14-22(33-2)23(15-18)34-17-19-9-7-8-12-21(19)27/h4-16H,3,17H2,1-2H3. The number of likely N-dealkylation sites (N-methyl/N-ethyl adjacent to an activating group) is 1. The van der Waals surface area contributed by atoms with Gasteiger partial charge in [0, 0.05) is 17.1 Å². The molecule has 0 unspecified atom stereocenters. The first kappa shape index (κ1) is 25.8. The fourth-order valence-electron chi connectivity index (χ4n) is 3.42. The highest BCUT2D eigenvalue weighted by Gasteiger charge is 2.34. The molecule has 0 atom stereocenters. The molecule has 0 N–H and O–H groups in total. The normalized spacial score (nSPS) is 16.1. The number of amidine groups is 1. The average molecular weight is 543 g/mol. The molecule has 1 fully saturated rings. The van der Waals surface area contributed by atoms with Crippen molar-refractivity contribution in [2.45, 2.75) is 18.4 Å². The third-order valence-corrected chi connectivity index (χ3v) is 8.04. The fourth-order valence-corrected chi connectivity index (χ4v) is 5.88. The zero-order valence-electron chi connectivity index (χ0n) is 19.5. The van der Waals surface area contributed by atoms with Crippen LogP contribution in [0.1, 0.15) is 18.1 Å². The first-order valence-electron chi connectivity index (χ1n) is 11.0. The van der Waals surface area contributed by atoms with E-state index in [4.69, 9.17) is 21.1 Å². The molecule has 36 heavy (non-hydrogen) atoms. The molecule has 0 bridgehead atoms. The summed E-state index contributed by atoms with van der Waals surface area (Å²) in [5, 5.41) is 0.709. The summed E-state index contributed by atoms with van der Waals surface area (Å²) in [7, 11) is -2.42. The molecule has 4 rings (SSSR count). The SMILES string of the molecule is CCN1C(=O)C(=Cc2ccc(OC)c(OCc3ccccc3Cl)c2)SC1=NS(=O)(=O)c1ccccc1. The van der Waals surface area contributed by atoms with Crippen LogP contribution in [0.2, 0.25) is 5.02 Å². The van der Waals surface area contributed by atoms with Crippen molar-refractivity contribution in [3.05, 3.63) is 93.9 Å². The van der Waals surface area contributed by atoms with Gasteiger partial charge in [-0.2, -0.15) is 8.42 Å². The lowest BCUT2D eigenvalue weighted by Gasteiger charge is -2.12. The second-order valence-electron chi connectivity index (χ2n) is 7.61. The van der Waals surface area contributed by atoms with Crippen molar-refractivity contribution in [3.63, 3.8) is 0 Å². The maximum Gasteiger partial charge on any atom is 0.284 e. The molecule has 3 aromatic rings. The Labute approximate surface area is 219 Å². The average Bonchev–Trinajstić information content (AvgIpc) is 3.16. The van der Waals surface area contributed by atoms with Crippen LogP contribution < -0.4 is 9.47 Å². The molecule has 0 aromatic heterocycles. The van der Waals surface area contributed by atoms with Crippen molar-refractivity contribution in [2.24, 2.45) is 4.40 Å². The number of halogens is 1. The number of carbonyl (C=O) groups is 1. The molecule has 1 aliphatic heterocycles. The van der Waals surface area contributed by atoms with Crippen LogP contribution in [0, 0.1) is 0 Å². The number of hydrogen-bond acceptors (Lipinski definition) is 6. The van der Waals surface area contributed by atoms with Gasteiger partial charge >= 0.3 is 0 Å². The predicted molar refractivity (Wildman–Crippen MR) is 143 cm³/mol. The summed E-state index contributed by atoms with van der Waals surface area (Å²) in [6.07, 6.45) is 1.68. The minimum Gasteiger partial charge on any atom is -0.493 e. The number of carbonyl (C=O) groups excluding carboxylic acids is 1. The van der Waals surface area contributed by atoms with Gasteiger partial charge < -0.3 is 9.47 Å². The highest BCUT2D eigenvalue weighted by atomic mass is 35.5. The Balaban J connectivity index is 1.61. The number of methoxy groups -OCH3 is 1. The molecule has 1 heterocycles. The number of sulfonamides is 1. The maximum absolute atomic E-state index is 13.0. The van der Waals surface area contributed by atoms with Gasteiger partial charge in [0.05, 0.1) is 16.9 Å². The second-order valence-corrected chi connectivity index (χ2v) is 10.6. The van der Waals surface area contributed by atoms with Crippen molar-refractivity contribution in [2.75, 3.05) is 13.7 Å². The van der Waals surface area contributed by atoms with E-state index in [0.29, 0.717) is 27.0 Å². The number of benzene rings is 3. The number of hydrogen-bond donors (Lipinski definition) is 0. The lowest BCUT2D eigenvalue weighted by Crippen LogP contribution is -2.29. The Bertz CT molecular complexity index is 1440. The minimum absolute atomic E-state index is 0.0643. The largest absolute Gasteiger partial charge is 0.493 e. The molecule has 1 aliphatic rings. The lowest BCUT2D eigenvalue weighted by molar-refractivity contribution is -0.122. The maximum atomic E-state index is 13.0. The molecule has 0 saturated carbocycles. The van der Waals surface area contributed by atoms with Crippen LogP contribution in [0.4, 0.5) is 0 Å². The van der Waals surface area contributed by atoms with Gasteiger partial charge in [-0.05, 0) is 60.7 Å². The highest BCUT2D eigenvalue weighted by Crippen LogP contribution is 2.36. The van der Waals surface area contributed by atoms with Crippen molar-refractivity contribution < 1.29 is 22.7 Å². The second kappa shape index (κ2) is 11.2. The molecular formula is C26H23ClN2O5S2. The van der Waals surface area contributed by atoms with Gasteiger partial charge in [-0.1, -0.05) is 54.1 Å². The third kappa shape index (κ3) is 5.75. The number of rotatable bonds is 8. The lowest BCUT2D eigenvalue weighted by atomic mass is 10.1. The highest BCUT2D eigenvalue weighted by molar-refractivity contribution is 8.19. The summed E-state index contributed by atoms with van der Waals surface area (Å²) in [6, 6.07) is 20.6. The summed E-state index contributed by atoms with van der Waals surface area (Å²) in [5.41, 5.74) is 1.51. The Hall–Kier alpha value is -3.27. The summed E-state index contributed by atoms with van der Waals surface area (Å²) < 4.78 is 40.8. The van der Waals surface area contributed by atoms with Crippen LogP contribution in [-0.2, 0) is 21.4 Å². The van der Waals surface area contributed by atoms with Crippen molar-refractivity contribution in [1.82, 2.24) is 4.90 Å². The molecule has 1 saturated heterocycles. The zero-order valence-corrected chi connectivity index (χ0v) is 21.9. The molecule has 186 valence electrons. The molecule has 0 radical (unpaired) electrons. The minimum atomic E-state index is -3.96. The van der Waals surface area contributed by atoms with E-state index in [0.717, 1.165) is 17.3 Å². The first-order chi connectivity index (χ1) is 17.3. The summed E-state index contributed by atoms with van der Waals surface area (Å²) in [6.45, 7) is 2.28. The van der Waals surface area contributed by atoms with Crippen molar-refractivity contribution >= 4 is 50.5 Å². The van der Waals surface area contributed by atoms with Gasteiger partial charge in [0.2, 0.25) is 0 Å². The Morgan fingerprint density at radius 3 is 2.44 bits per heavy atom. The van der Waals surface area contributed by atoms with Crippen LogP contribution in [0.15, 0.2) is 87.0 Å². The molecule has 0 aliphatic carbocycles. The van der Waals surface area contributed by atoms with Crippen molar-refractivity contribution in [3.8, 4) is 11.5 Å². The number of amides is 1. The number of thioether (sulfide) groups is 1. The Kier molecular flexibility index (Phi) is 8.03. The van der Waals surface area contributed by atoms with Crippen LogP contribution in [0.5, 0.6) is 11.5 Å². The van der Waals surface area contributed by atoms with E-state index >= 15 is 0 Å². The van der Waals surface area contributed by atoms with E-state index in [1.54, 1.807) is 62.6 Å². The van der Waals surface area contributed by atoms with Crippen LogP contribution in [0.25, 0.3) is 6.08 Å². The molecule has 3 aromatic carbocycles. The summed E-state index contributed by atoms with van der Waals surface area (Å²) in [4.78, 5) is 14.8. The van der Waals surface area contributed by atoms with E-state index in [9.17, 15) is 13.2 Å². The molecular weight excluding hydrogens is 520 g/mol. The summed E-state index contributed by atoms with van der Waals surface area (Å²) >= 11 is 7.25. The van der Waals surface area contributed by atoms with E-state index in [-0.39, 0.29) is 29.1 Å². The number of ether oxygens (including phenoxy) is 2.